The second-order valence-electron chi connectivity index (χ2n) is 5.82. The van der Waals surface area contributed by atoms with Crippen molar-refractivity contribution in [1.29, 1.82) is 0 Å². The molecule has 0 bridgehead atoms. The average molecular weight is 384 g/mol. The van der Waals surface area contributed by atoms with Crippen molar-refractivity contribution in [2.45, 2.75) is 18.9 Å². The van der Waals surface area contributed by atoms with Gasteiger partial charge in [-0.25, -0.2) is 19.7 Å². The smallest absolute Gasteiger partial charge is 0.326 e. The second-order valence-corrected chi connectivity index (χ2v) is 5.82. The molecule has 28 heavy (non-hydrogen) atoms. The van der Waals surface area contributed by atoms with Gasteiger partial charge in [-0.2, -0.15) is 0 Å². The average Bonchev–Trinajstić information content (AvgIpc) is 3.15. The summed E-state index contributed by atoms with van der Waals surface area (Å²) in [5.74, 6) is -2.52. The molecule has 0 aliphatic heterocycles. The maximum Gasteiger partial charge on any atom is 0.326 e. The number of carboxylic acids is 2. The van der Waals surface area contributed by atoms with Crippen LogP contribution in [0.3, 0.4) is 0 Å². The highest BCUT2D eigenvalue weighted by molar-refractivity contribution is 5.97. The van der Waals surface area contributed by atoms with Crippen LogP contribution in [0.25, 0.3) is 11.2 Å². The molecule has 2 heterocycles. The molecule has 0 aliphatic rings. The molecule has 11 heteroatoms. The number of nitrogens with zero attached hydrogens (tertiary/aromatic N) is 3. The van der Waals surface area contributed by atoms with Crippen LogP contribution >= 0.6 is 0 Å². The van der Waals surface area contributed by atoms with E-state index >= 15 is 0 Å². The number of anilines is 2. The monoisotopic (exact) mass is 384 g/mol. The van der Waals surface area contributed by atoms with E-state index in [-0.39, 0.29) is 18.4 Å². The topological polar surface area (TPSA) is 170 Å². The van der Waals surface area contributed by atoms with Crippen molar-refractivity contribution in [2.75, 3.05) is 5.32 Å². The van der Waals surface area contributed by atoms with Crippen LogP contribution in [0, 0.1) is 0 Å². The molecule has 1 amide bonds. The Balaban J connectivity index is 1.67. The van der Waals surface area contributed by atoms with Crippen LogP contribution in [0.5, 0.6) is 0 Å². The number of imidazole rings is 1. The summed E-state index contributed by atoms with van der Waals surface area (Å²) >= 11 is 0. The molecule has 3 rings (SSSR count). The number of aliphatic carboxylic acids is 2. The minimum atomic E-state index is -1.29. The molecule has 5 N–H and O–H groups in total. The SMILES string of the molecule is O=C(O)CC[C@H](NC(=O)c1ccc(Nc2ncnc3nc[nH]c23)cc1)C(=O)O. The summed E-state index contributed by atoms with van der Waals surface area (Å²) in [4.78, 5) is 49.2. The second kappa shape index (κ2) is 8.12. The first-order chi connectivity index (χ1) is 13.4. The standard InChI is InChI=1S/C17H16N6O5/c24-12(25)6-5-11(17(27)28)23-16(26)9-1-3-10(4-2-9)22-15-13-14(19-7-18-13)20-8-21-15/h1-4,7-8,11H,5-6H2,(H,23,26)(H,24,25)(H,27,28)(H2,18,19,20,21,22)/t11-/m0/s1. The largest absolute Gasteiger partial charge is 0.481 e. The number of carboxylic acid groups (broad SMARTS) is 2. The zero-order chi connectivity index (χ0) is 20.1. The van der Waals surface area contributed by atoms with E-state index in [0.717, 1.165) is 0 Å². The maximum absolute atomic E-state index is 12.2. The molecule has 0 aliphatic carbocycles. The molecule has 11 nitrogen and oxygen atoms in total. The van der Waals surface area contributed by atoms with E-state index in [0.29, 0.717) is 22.7 Å². The minimum Gasteiger partial charge on any atom is -0.481 e. The molecule has 1 aromatic carbocycles. The highest BCUT2D eigenvalue weighted by atomic mass is 16.4. The van der Waals surface area contributed by atoms with Crippen molar-refractivity contribution in [3.8, 4) is 0 Å². The molecule has 144 valence electrons. The number of benzene rings is 1. The van der Waals surface area contributed by atoms with E-state index in [1.807, 2.05) is 0 Å². The van der Waals surface area contributed by atoms with Crippen LogP contribution in [0.15, 0.2) is 36.9 Å². The molecule has 0 unspecified atom stereocenters. The summed E-state index contributed by atoms with van der Waals surface area (Å²) < 4.78 is 0. The Morgan fingerprint density at radius 1 is 1.07 bits per heavy atom. The Hall–Kier alpha value is -4.02. The number of carbonyl (C=O) groups is 3. The number of nitrogens with one attached hydrogen (secondary N) is 3. The molecule has 0 fully saturated rings. The zero-order valence-electron chi connectivity index (χ0n) is 14.4. The Bertz CT molecular complexity index is 1020. The Morgan fingerprint density at radius 2 is 1.82 bits per heavy atom. The van der Waals surface area contributed by atoms with Gasteiger partial charge in [0, 0.05) is 17.7 Å². The highest BCUT2D eigenvalue weighted by Crippen LogP contribution is 2.20. The fourth-order valence-corrected chi connectivity index (χ4v) is 2.47. The number of amides is 1. The molecule has 1 atom stereocenters. The van der Waals surface area contributed by atoms with Gasteiger partial charge in [-0.3, -0.25) is 9.59 Å². The van der Waals surface area contributed by atoms with Crippen LogP contribution < -0.4 is 10.6 Å². The summed E-state index contributed by atoms with van der Waals surface area (Å²) in [6, 6.07) is 5.01. The van der Waals surface area contributed by atoms with E-state index in [2.05, 4.69) is 30.6 Å². The van der Waals surface area contributed by atoms with Gasteiger partial charge < -0.3 is 25.8 Å². The summed E-state index contributed by atoms with van der Waals surface area (Å²) in [6.45, 7) is 0. The van der Waals surface area contributed by atoms with Crippen molar-refractivity contribution in [1.82, 2.24) is 25.3 Å². The number of fused-ring (bicyclic) bond motifs is 1. The quantitative estimate of drug-likeness (QED) is 0.382. The first kappa shape index (κ1) is 18.8. The van der Waals surface area contributed by atoms with Crippen molar-refractivity contribution in [3.63, 3.8) is 0 Å². The van der Waals surface area contributed by atoms with Gasteiger partial charge in [0.05, 0.1) is 6.33 Å². The fraction of sp³-hybridized carbons (Fsp3) is 0.176. The van der Waals surface area contributed by atoms with Crippen LogP contribution in [-0.2, 0) is 9.59 Å². The van der Waals surface area contributed by atoms with Crippen molar-refractivity contribution >= 4 is 40.5 Å². The highest BCUT2D eigenvalue weighted by Gasteiger charge is 2.21. The van der Waals surface area contributed by atoms with Gasteiger partial charge >= 0.3 is 11.9 Å². The van der Waals surface area contributed by atoms with E-state index in [4.69, 9.17) is 10.2 Å². The summed E-state index contributed by atoms with van der Waals surface area (Å²) in [5.41, 5.74) is 2.02. The van der Waals surface area contributed by atoms with E-state index in [9.17, 15) is 14.4 Å². The number of H-pyrrole nitrogens is 1. The Kier molecular flexibility index (Phi) is 5.44. The molecular formula is C17H16N6O5. The first-order valence-electron chi connectivity index (χ1n) is 8.20. The van der Waals surface area contributed by atoms with Gasteiger partial charge in [-0.15, -0.1) is 0 Å². The molecule has 0 spiro atoms. The van der Waals surface area contributed by atoms with Gasteiger partial charge in [0.1, 0.15) is 17.9 Å². The van der Waals surface area contributed by atoms with Gasteiger partial charge in [-0.05, 0) is 30.7 Å². The Morgan fingerprint density at radius 3 is 2.50 bits per heavy atom. The molecular weight excluding hydrogens is 368 g/mol. The lowest BCUT2D eigenvalue weighted by Crippen LogP contribution is -2.41. The predicted molar refractivity (Wildman–Crippen MR) is 97.2 cm³/mol. The molecule has 3 aromatic rings. The van der Waals surface area contributed by atoms with E-state index in [1.165, 1.54) is 24.8 Å². The van der Waals surface area contributed by atoms with Gasteiger partial charge in [0.25, 0.3) is 5.91 Å². The third-order valence-electron chi connectivity index (χ3n) is 3.88. The van der Waals surface area contributed by atoms with Crippen molar-refractivity contribution in [2.24, 2.45) is 0 Å². The fourth-order valence-electron chi connectivity index (χ4n) is 2.47. The molecule has 0 saturated heterocycles. The normalized spacial score (nSPS) is 11.7. The summed E-state index contributed by atoms with van der Waals surface area (Å²) in [5, 5.41) is 23.2. The summed E-state index contributed by atoms with van der Waals surface area (Å²) in [6.07, 6.45) is 2.31. The number of hydrogen-bond acceptors (Lipinski definition) is 7. The lowest BCUT2D eigenvalue weighted by molar-refractivity contribution is -0.140. The van der Waals surface area contributed by atoms with Crippen molar-refractivity contribution < 1.29 is 24.6 Å². The lowest BCUT2D eigenvalue weighted by Gasteiger charge is -2.14. The van der Waals surface area contributed by atoms with Gasteiger partial charge in [0.2, 0.25) is 0 Å². The van der Waals surface area contributed by atoms with Gasteiger partial charge in [-0.1, -0.05) is 0 Å². The minimum absolute atomic E-state index is 0.204. The van der Waals surface area contributed by atoms with Gasteiger partial charge in [0.15, 0.2) is 11.5 Å². The maximum atomic E-state index is 12.2. The predicted octanol–water partition coefficient (Wildman–Crippen LogP) is 1.14. The number of rotatable bonds is 8. The molecule has 2 aromatic heterocycles. The first-order valence-corrected chi connectivity index (χ1v) is 8.20. The molecule has 0 saturated carbocycles. The summed E-state index contributed by atoms with van der Waals surface area (Å²) in [7, 11) is 0. The van der Waals surface area contributed by atoms with Crippen LogP contribution in [0.1, 0.15) is 23.2 Å². The number of hydrogen-bond donors (Lipinski definition) is 5. The number of aromatic nitrogens is 4. The van der Waals surface area contributed by atoms with E-state index in [1.54, 1.807) is 12.1 Å². The van der Waals surface area contributed by atoms with E-state index < -0.39 is 23.9 Å². The van der Waals surface area contributed by atoms with Crippen LogP contribution in [-0.4, -0.2) is 54.0 Å². The van der Waals surface area contributed by atoms with Crippen molar-refractivity contribution in [3.05, 3.63) is 42.5 Å². The zero-order valence-corrected chi connectivity index (χ0v) is 14.4. The van der Waals surface area contributed by atoms with Crippen LogP contribution in [0.2, 0.25) is 0 Å². The lowest BCUT2D eigenvalue weighted by atomic mass is 10.1. The Labute approximate surface area is 157 Å². The number of carbonyl (C=O) groups excluding carboxylic acids is 1. The number of aromatic amines is 1. The molecule has 0 radical (unpaired) electrons. The third kappa shape index (κ3) is 4.38. The van der Waals surface area contributed by atoms with Crippen LogP contribution in [0.4, 0.5) is 11.5 Å². The third-order valence-corrected chi connectivity index (χ3v) is 3.88.